The minimum atomic E-state index is -0.0926. The van der Waals surface area contributed by atoms with E-state index in [0.717, 1.165) is 45.4 Å². The van der Waals surface area contributed by atoms with Crippen molar-refractivity contribution < 1.29 is 4.79 Å². The lowest BCUT2D eigenvalue weighted by Crippen LogP contribution is -2.49. The smallest absolute Gasteiger partial charge is 0.237 e. The molecule has 0 unspecified atom stereocenters. The molecule has 1 aliphatic rings. The summed E-state index contributed by atoms with van der Waals surface area (Å²) in [5, 5.41) is 3.36. The maximum Gasteiger partial charge on any atom is 0.237 e. The van der Waals surface area contributed by atoms with E-state index >= 15 is 0 Å². The molecule has 0 aromatic heterocycles. The SMILES string of the molecule is CC[C@H]1CN(Cc2ccccc2)[C@@H](CC)CN(Cc2ccccc2)[C@@H](CC)C(=O)N1. The fourth-order valence-corrected chi connectivity index (χ4v) is 4.52. The van der Waals surface area contributed by atoms with Crippen LogP contribution in [0.5, 0.6) is 0 Å². The van der Waals surface area contributed by atoms with Crippen molar-refractivity contribution in [2.45, 2.75) is 71.2 Å². The number of hydrogen-bond acceptors (Lipinski definition) is 3. The topological polar surface area (TPSA) is 35.6 Å². The Bertz CT molecular complexity index is 764. The number of carbonyl (C=O) groups is 1. The molecule has 2 aromatic rings. The summed E-state index contributed by atoms with van der Waals surface area (Å²) in [6, 6.07) is 21.7. The summed E-state index contributed by atoms with van der Waals surface area (Å²) < 4.78 is 0. The molecule has 3 rings (SSSR count). The second-order valence-electron chi connectivity index (χ2n) is 8.43. The van der Waals surface area contributed by atoms with Crippen LogP contribution in [0.4, 0.5) is 0 Å². The van der Waals surface area contributed by atoms with Gasteiger partial charge in [0, 0.05) is 38.3 Å². The van der Waals surface area contributed by atoms with Gasteiger partial charge in [-0.3, -0.25) is 14.6 Å². The zero-order valence-corrected chi connectivity index (χ0v) is 18.8. The van der Waals surface area contributed by atoms with Crippen molar-refractivity contribution >= 4 is 5.91 Å². The Morgan fingerprint density at radius 3 is 1.83 bits per heavy atom. The van der Waals surface area contributed by atoms with Gasteiger partial charge in [0.1, 0.15) is 0 Å². The van der Waals surface area contributed by atoms with Crippen molar-refractivity contribution in [2.75, 3.05) is 13.1 Å². The molecule has 1 amide bonds. The van der Waals surface area contributed by atoms with Crippen LogP contribution in [-0.4, -0.2) is 46.9 Å². The third-order valence-electron chi connectivity index (χ3n) is 6.31. The first-order valence-corrected chi connectivity index (χ1v) is 11.5. The van der Waals surface area contributed by atoms with Gasteiger partial charge >= 0.3 is 0 Å². The highest BCUT2D eigenvalue weighted by molar-refractivity contribution is 5.82. The lowest BCUT2D eigenvalue weighted by atomic mass is 10.1. The van der Waals surface area contributed by atoms with Gasteiger partial charge in [-0.1, -0.05) is 81.4 Å². The van der Waals surface area contributed by atoms with E-state index in [1.165, 1.54) is 11.1 Å². The zero-order valence-electron chi connectivity index (χ0n) is 18.8. The van der Waals surface area contributed by atoms with Gasteiger partial charge < -0.3 is 5.32 Å². The summed E-state index contributed by atoms with van der Waals surface area (Å²) >= 11 is 0. The lowest BCUT2D eigenvalue weighted by molar-refractivity contribution is -0.127. The number of hydrogen-bond donors (Lipinski definition) is 1. The molecule has 30 heavy (non-hydrogen) atoms. The van der Waals surface area contributed by atoms with Crippen molar-refractivity contribution in [2.24, 2.45) is 0 Å². The van der Waals surface area contributed by atoms with E-state index in [9.17, 15) is 4.79 Å². The van der Waals surface area contributed by atoms with Gasteiger partial charge in [-0.2, -0.15) is 0 Å². The minimum absolute atomic E-state index is 0.0926. The molecule has 0 aliphatic carbocycles. The second kappa shape index (κ2) is 11.3. The van der Waals surface area contributed by atoms with Crippen LogP contribution in [-0.2, 0) is 17.9 Å². The lowest BCUT2D eigenvalue weighted by Gasteiger charge is -2.36. The highest BCUT2D eigenvalue weighted by Crippen LogP contribution is 2.20. The average Bonchev–Trinajstić information content (AvgIpc) is 2.82. The molecule has 0 spiro atoms. The first-order valence-electron chi connectivity index (χ1n) is 11.5. The molecular formula is C26H37N3O. The van der Waals surface area contributed by atoms with Gasteiger partial charge in [-0.05, 0) is 30.4 Å². The minimum Gasteiger partial charge on any atom is -0.351 e. The molecule has 0 bridgehead atoms. The number of benzene rings is 2. The Morgan fingerprint density at radius 1 is 0.767 bits per heavy atom. The number of rotatable bonds is 7. The summed E-state index contributed by atoms with van der Waals surface area (Å²) in [6.45, 7) is 10.1. The molecule has 2 aromatic carbocycles. The van der Waals surface area contributed by atoms with Crippen LogP contribution in [0.2, 0.25) is 0 Å². The van der Waals surface area contributed by atoms with Crippen LogP contribution in [0.25, 0.3) is 0 Å². The fraction of sp³-hybridized carbons (Fsp3) is 0.500. The maximum absolute atomic E-state index is 13.2. The number of carbonyl (C=O) groups excluding carboxylic acids is 1. The standard InChI is InChI=1S/C26H37N3O/c1-4-23-19-28(17-21-13-9-7-10-14-21)24(5-2)20-29(25(6-3)26(30)27-23)18-22-15-11-8-12-16-22/h7-16,23-25H,4-6,17-20H2,1-3H3,(H,27,30)/t23-,24-,25-/m0/s1. The molecule has 4 nitrogen and oxygen atoms in total. The Balaban J connectivity index is 1.90. The molecule has 1 fully saturated rings. The third-order valence-corrected chi connectivity index (χ3v) is 6.31. The molecule has 1 saturated heterocycles. The van der Waals surface area contributed by atoms with Crippen molar-refractivity contribution in [1.29, 1.82) is 0 Å². The molecule has 1 heterocycles. The Morgan fingerprint density at radius 2 is 1.33 bits per heavy atom. The summed E-state index contributed by atoms with van der Waals surface area (Å²) in [5.41, 5.74) is 2.59. The third kappa shape index (κ3) is 5.93. The fourth-order valence-electron chi connectivity index (χ4n) is 4.52. The molecule has 162 valence electrons. The van der Waals surface area contributed by atoms with Crippen LogP contribution in [0, 0.1) is 0 Å². The summed E-state index contributed by atoms with van der Waals surface area (Å²) in [5.74, 6) is 0.177. The van der Waals surface area contributed by atoms with E-state index in [-0.39, 0.29) is 18.0 Å². The van der Waals surface area contributed by atoms with E-state index in [4.69, 9.17) is 0 Å². The molecule has 0 radical (unpaired) electrons. The largest absolute Gasteiger partial charge is 0.351 e. The van der Waals surface area contributed by atoms with Gasteiger partial charge in [0.25, 0.3) is 0 Å². The quantitative estimate of drug-likeness (QED) is 0.736. The van der Waals surface area contributed by atoms with Crippen LogP contribution >= 0.6 is 0 Å². The van der Waals surface area contributed by atoms with Gasteiger partial charge in [0.2, 0.25) is 5.91 Å². The molecular weight excluding hydrogens is 370 g/mol. The van der Waals surface area contributed by atoms with Crippen LogP contribution in [0.1, 0.15) is 51.2 Å². The molecule has 3 atom stereocenters. The zero-order chi connectivity index (χ0) is 21.3. The maximum atomic E-state index is 13.2. The molecule has 1 N–H and O–H groups in total. The van der Waals surface area contributed by atoms with Crippen LogP contribution < -0.4 is 5.32 Å². The summed E-state index contributed by atoms with van der Waals surface area (Å²) in [7, 11) is 0. The number of nitrogens with one attached hydrogen (secondary N) is 1. The first-order chi connectivity index (χ1) is 14.6. The van der Waals surface area contributed by atoms with Crippen LogP contribution in [0.3, 0.4) is 0 Å². The first kappa shape index (κ1) is 22.5. The van der Waals surface area contributed by atoms with E-state index in [2.05, 4.69) is 90.5 Å². The van der Waals surface area contributed by atoms with Gasteiger partial charge in [-0.25, -0.2) is 0 Å². The molecule has 1 aliphatic heterocycles. The van der Waals surface area contributed by atoms with E-state index in [0.29, 0.717) is 6.04 Å². The predicted octanol–water partition coefficient (Wildman–Crippen LogP) is 4.46. The van der Waals surface area contributed by atoms with E-state index in [1.807, 2.05) is 6.07 Å². The molecule has 0 saturated carbocycles. The Kier molecular flexibility index (Phi) is 8.47. The predicted molar refractivity (Wildman–Crippen MR) is 124 cm³/mol. The van der Waals surface area contributed by atoms with Crippen molar-refractivity contribution in [1.82, 2.24) is 15.1 Å². The van der Waals surface area contributed by atoms with Crippen molar-refractivity contribution in [3.63, 3.8) is 0 Å². The number of nitrogens with zero attached hydrogens (tertiary/aromatic N) is 2. The summed E-state index contributed by atoms with van der Waals surface area (Å²) in [6.07, 6.45) is 2.84. The van der Waals surface area contributed by atoms with E-state index < -0.39 is 0 Å². The Labute approximate surface area is 182 Å². The van der Waals surface area contributed by atoms with Gasteiger partial charge in [0.05, 0.1) is 6.04 Å². The monoisotopic (exact) mass is 407 g/mol. The van der Waals surface area contributed by atoms with Gasteiger partial charge in [0.15, 0.2) is 0 Å². The van der Waals surface area contributed by atoms with E-state index in [1.54, 1.807) is 0 Å². The highest BCUT2D eigenvalue weighted by Gasteiger charge is 2.32. The van der Waals surface area contributed by atoms with Crippen LogP contribution in [0.15, 0.2) is 60.7 Å². The second-order valence-corrected chi connectivity index (χ2v) is 8.43. The van der Waals surface area contributed by atoms with Crippen molar-refractivity contribution in [3.8, 4) is 0 Å². The summed E-state index contributed by atoms with van der Waals surface area (Å²) in [4.78, 5) is 18.2. The highest BCUT2D eigenvalue weighted by atomic mass is 16.2. The molecule has 4 heteroatoms. The number of amides is 1. The normalized spacial score (nSPS) is 24.0. The van der Waals surface area contributed by atoms with Gasteiger partial charge in [-0.15, -0.1) is 0 Å². The Hall–Kier alpha value is -2.17. The van der Waals surface area contributed by atoms with Crippen molar-refractivity contribution in [3.05, 3.63) is 71.8 Å². The average molecular weight is 408 g/mol.